The van der Waals surface area contributed by atoms with Crippen molar-refractivity contribution in [3.8, 4) is 0 Å². The van der Waals surface area contributed by atoms with E-state index in [4.69, 9.17) is 0 Å². The van der Waals surface area contributed by atoms with E-state index in [0.717, 1.165) is 18.5 Å². The van der Waals surface area contributed by atoms with Gasteiger partial charge >= 0.3 is 12.0 Å². The molecule has 2 heterocycles. The van der Waals surface area contributed by atoms with E-state index in [1.54, 1.807) is 18.3 Å². The van der Waals surface area contributed by atoms with Crippen molar-refractivity contribution in [2.75, 3.05) is 11.9 Å². The van der Waals surface area contributed by atoms with Crippen LogP contribution in [0.5, 0.6) is 0 Å². The van der Waals surface area contributed by atoms with Gasteiger partial charge in [-0.1, -0.05) is 6.92 Å². The van der Waals surface area contributed by atoms with Gasteiger partial charge in [0.25, 0.3) is 0 Å². The standard InChI is InChI=1S/C14H19N3O3/c1-9-4-3-7-17(12(9)13(18)19)14(20)16-11-6-5-10(2)15-8-11/h5-6,8-9,12H,3-4,7H2,1-2H3,(H,16,20)(H,18,19). The van der Waals surface area contributed by atoms with Crippen molar-refractivity contribution in [1.82, 2.24) is 9.88 Å². The highest BCUT2D eigenvalue weighted by atomic mass is 16.4. The van der Waals surface area contributed by atoms with Crippen LogP contribution < -0.4 is 5.32 Å². The van der Waals surface area contributed by atoms with Gasteiger partial charge in [0.05, 0.1) is 11.9 Å². The second-order valence-corrected chi connectivity index (χ2v) is 5.21. The number of anilines is 1. The Morgan fingerprint density at radius 2 is 2.20 bits per heavy atom. The maximum absolute atomic E-state index is 12.2. The maximum Gasteiger partial charge on any atom is 0.326 e. The molecule has 2 N–H and O–H groups in total. The molecular weight excluding hydrogens is 258 g/mol. The molecule has 6 nitrogen and oxygen atoms in total. The van der Waals surface area contributed by atoms with Crippen molar-refractivity contribution >= 4 is 17.7 Å². The first-order chi connectivity index (χ1) is 9.49. The highest BCUT2D eigenvalue weighted by molar-refractivity contribution is 5.92. The molecule has 1 aliphatic heterocycles. The van der Waals surface area contributed by atoms with Crippen LogP contribution in [0.4, 0.5) is 10.5 Å². The summed E-state index contributed by atoms with van der Waals surface area (Å²) >= 11 is 0. The number of carboxylic acid groups (broad SMARTS) is 1. The van der Waals surface area contributed by atoms with Gasteiger partial charge in [-0.15, -0.1) is 0 Å². The van der Waals surface area contributed by atoms with Crippen LogP contribution in [0.1, 0.15) is 25.5 Å². The number of rotatable bonds is 2. The lowest BCUT2D eigenvalue weighted by Gasteiger charge is -2.37. The zero-order valence-electron chi connectivity index (χ0n) is 11.7. The summed E-state index contributed by atoms with van der Waals surface area (Å²) in [6.45, 7) is 4.19. The number of carbonyl (C=O) groups is 2. The number of aromatic nitrogens is 1. The summed E-state index contributed by atoms with van der Waals surface area (Å²) in [4.78, 5) is 29.1. The van der Waals surface area contributed by atoms with E-state index in [9.17, 15) is 14.7 Å². The highest BCUT2D eigenvalue weighted by Crippen LogP contribution is 2.24. The Balaban J connectivity index is 2.10. The first-order valence-corrected chi connectivity index (χ1v) is 6.72. The molecule has 6 heteroatoms. The number of likely N-dealkylation sites (tertiary alicyclic amines) is 1. The molecule has 2 amide bonds. The molecule has 1 aliphatic rings. The molecule has 2 rings (SSSR count). The van der Waals surface area contributed by atoms with Gasteiger partial charge in [0, 0.05) is 12.2 Å². The summed E-state index contributed by atoms with van der Waals surface area (Å²) in [6.07, 6.45) is 3.22. The lowest BCUT2D eigenvalue weighted by Crippen LogP contribution is -2.53. The molecule has 1 aromatic rings. The fourth-order valence-electron chi connectivity index (χ4n) is 2.53. The predicted octanol–water partition coefficient (Wildman–Crippen LogP) is 2.11. The summed E-state index contributed by atoms with van der Waals surface area (Å²) in [7, 11) is 0. The number of amides is 2. The number of carboxylic acids is 1. The number of urea groups is 1. The van der Waals surface area contributed by atoms with Crippen LogP contribution in [0, 0.1) is 12.8 Å². The Morgan fingerprint density at radius 1 is 1.45 bits per heavy atom. The van der Waals surface area contributed by atoms with Crippen LogP contribution in [0.25, 0.3) is 0 Å². The third-order valence-electron chi connectivity index (χ3n) is 3.61. The molecule has 1 fully saturated rings. The second-order valence-electron chi connectivity index (χ2n) is 5.21. The summed E-state index contributed by atoms with van der Waals surface area (Å²) in [5, 5.41) is 12.0. The van der Waals surface area contributed by atoms with Crippen molar-refractivity contribution in [3.63, 3.8) is 0 Å². The van der Waals surface area contributed by atoms with Gasteiger partial charge in [-0.2, -0.15) is 0 Å². The summed E-state index contributed by atoms with van der Waals surface area (Å²) in [5.41, 5.74) is 1.43. The first-order valence-electron chi connectivity index (χ1n) is 6.72. The highest BCUT2D eigenvalue weighted by Gasteiger charge is 2.37. The van der Waals surface area contributed by atoms with E-state index < -0.39 is 12.0 Å². The lowest BCUT2D eigenvalue weighted by atomic mass is 9.91. The number of aliphatic carboxylic acids is 1. The van der Waals surface area contributed by atoms with Crippen LogP contribution >= 0.6 is 0 Å². The van der Waals surface area contributed by atoms with Gasteiger partial charge in [0.1, 0.15) is 6.04 Å². The summed E-state index contributed by atoms with van der Waals surface area (Å²) in [6, 6.07) is 2.41. The normalized spacial score (nSPS) is 22.4. The fraction of sp³-hybridized carbons (Fsp3) is 0.500. The Labute approximate surface area is 117 Å². The lowest BCUT2D eigenvalue weighted by molar-refractivity contribution is -0.145. The number of aryl methyl sites for hydroxylation is 1. The van der Waals surface area contributed by atoms with Crippen LogP contribution in [0.15, 0.2) is 18.3 Å². The third-order valence-corrected chi connectivity index (χ3v) is 3.61. The van der Waals surface area contributed by atoms with E-state index in [1.807, 2.05) is 13.8 Å². The Bertz CT molecular complexity index is 501. The average Bonchev–Trinajstić information content (AvgIpc) is 2.40. The SMILES string of the molecule is Cc1ccc(NC(=O)N2CCCC(C)C2C(=O)O)cn1. The molecule has 108 valence electrons. The number of nitrogens with one attached hydrogen (secondary N) is 1. The third kappa shape index (κ3) is 3.07. The second kappa shape index (κ2) is 5.90. The number of piperidine rings is 1. The van der Waals surface area contributed by atoms with Crippen LogP contribution in [-0.4, -0.2) is 39.6 Å². The predicted molar refractivity (Wildman–Crippen MR) is 74.5 cm³/mol. The molecule has 0 bridgehead atoms. The van der Waals surface area contributed by atoms with Crippen molar-refractivity contribution in [2.45, 2.75) is 32.7 Å². The molecule has 2 atom stereocenters. The van der Waals surface area contributed by atoms with Gasteiger partial charge in [-0.05, 0) is 37.8 Å². The van der Waals surface area contributed by atoms with Crippen molar-refractivity contribution in [2.24, 2.45) is 5.92 Å². The molecule has 0 aromatic carbocycles. The number of hydrogen-bond acceptors (Lipinski definition) is 3. The van der Waals surface area contributed by atoms with Crippen LogP contribution in [-0.2, 0) is 4.79 Å². The van der Waals surface area contributed by atoms with E-state index >= 15 is 0 Å². The number of pyridine rings is 1. The van der Waals surface area contributed by atoms with E-state index in [0.29, 0.717) is 12.2 Å². The Hall–Kier alpha value is -2.11. The average molecular weight is 277 g/mol. The topological polar surface area (TPSA) is 82.5 Å². The van der Waals surface area contributed by atoms with Gasteiger partial charge in [-0.25, -0.2) is 9.59 Å². The molecule has 0 radical (unpaired) electrons. The molecule has 1 aromatic heterocycles. The van der Waals surface area contributed by atoms with Gasteiger partial charge in [0.15, 0.2) is 0 Å². The van der Waals surface area contributed by atoms with Crippen molar-refractivity contribution in [3.05, 3.63) is 24.0 Å². The van der Waals surface area contributed by atoms with E-state index in [1.165, 1.54) is 4.90 Å². The molecule has 0 saturated carbocycles. The van der Waals surface area contributed by atoms with Crippen molar-refractivity contribution in [1.29, 1.82) is 0 Å². The number of hydrogen-bond donors (Lipinski definition) is 2. The van der Waals surface area contributed by atoms with Crippen LogP contribution in [0.3, 0.4) is 0 Å². The monoisotopic (exact) mass is 277 g/mol. The molecule has 2 unspecified atom stereocenters. The maximum atomic E-state index is 12.2. The number of carbonyl (C=O) groups excluding carboxylic acids is 1. The zero-order valence-corrected chi connectivity index (χ0v) is 11.7. The number of nitrogens with zero attached hydrogens (tertiary/aromatic N) is 2. The minimum Gasteiger partial charge on any atom is -0.480 e. The largest absolute Gasteiger partial charge is 0.480 e. The smallest absolute Gasteiger partial charge is 0.326 e. The quantitative estimate of drug-likeness (QED) is 0.867. The Morgan fingerprint density at radius 3 is 2.80 bits per heavy atom. The minimum absolute atomic E-state index is 0.0388. The van der Waals surface area contributed by atoms with E-state index in [-0.39, 0.29) is 11.9 Å². The summed E-state index contributed by atoms with van der Waals surface area (Å²) in [5.74, 6) is -0.988. The molecule has 0 aliphatic carbocycles. The van der Waals surface area contributed by atoms with Gasteiger partial charge in [-0.3, -0.25) is 4.98 Å². The molecular formula is C14H19N3O3. The summed E-state index contributed by atoms with van der Waals surface area (Å²) < 4.78 is 0. The van der Waals surface area contributed by atoms with Gasteiger partial charge < -0.3 is 15.3 Å². The van der Waals surface area contributed by atoms with Crippen molar-refractivity contribution < 1.29 is 14.7 Å². The Kier molecular flexibility index (Phi) is 4.22. The molecule has 20 heavy (non-hydrogen) atoms. The molecule has 1 saturated heterocycles. The zero-order chi connectivity index (χ0) is 14.7. The fourth-order valence-corrected chi connectivity index (χ4v) is 2.53. The minimum atomic E-state index is -0.950. The first kappa shape index (κ1) is 14.3. The molecule has 0 spiro atoms. The van der Waals surface area contributed by atoms with Crippen LogP contribution in [0.2, 0.25) is 0 Å². The van der Waals surface area contributed by atoms with E-state index in [2.05, 4.69) is 10.3 Å². The van der Waals surface area contributed by atoms with Gasteiger partial charge in [0.2, 0.25) is 0 Å².